The maximum absolute atomic E-state index is 13.3. The van der Waals surface area contributed by atoms with E-state index in [4.69, 9.17) is 26.8 Å². The highest BCUT2D eigenvalue weighted by Gasteiger charge is 2.40. The maximum Gasteiger partial charge on any atom is 0.323 e. The first-order valence-corrected chi connectivity index (χ1v) is 12.9. The molecule has 1 heterocycles. The number of rotatable bonds is 9. The minimum atomic E-state index is -0.828. The van der Waals surface area contributed by atoms with Crippen molar-refractivity contribution in [3.05, 3.63) is 83.1 Å². The largest absolute Gasteiger partial charge is 0.497 e. The van der Waals surface area contributed by atoms with E-state index in [-0.39, 0.29) is 29.3 Å². The number of hydrogen-bond acceptors (Lipinski definition) is 6. The topological polar surface area (TPSA) is 97.1 Å². The number of nitrogens with zero attached hydrogens (tertiary/aromatic N) is 2. The van der Waals surface area contributed by atoms with Crippen molar-refractivity contribution in [3.8, 4) is 11.5 Å². The minimum Gasteiger partial charge on any atom is -0.497 e. The van der Waals surface area contributed by atoms with Crippen LogP contribution in [0.15, 0.2) is 66.7 Å². The van der Waals surface area contributed by atoms with Crippen molar-refractivity contribution in [2.24, 2.45) is 5.73 Å². The molecule has 2 atom stereocenters. The van der Waals surface area contributed by atoms with Crippen LogP contribution in [0.2, 0.25) is 5.02 Å². The lowest BCUT2D eigenvalue weighted by atomic mass is 9.91. The van der Waals surface area contributed by atoms with Crippen molar-refractivity contribution in [1.29, 1.82) is 0 Å². The Morgan fingerprint density at radius 2 is 1.90 bits per heavy atom. The second-order valence-corrected chi connectivity index (χ2v) is 10.2. The number of hydrogen-bond donors (Lipinski definition) is 2. The minimum absolute atomic E-state index is 0.117. The van der Waals surface area contributed by atoms with Gasteiger partial charge in [-0.1, -0.05) is 29.8 Å². The summed E-state index contributed by atoms with van der Waals surface area (Å²) in [6, 6.07) is 17.5. The molecule has 0 aromatic heterocycles. The van der Waals surface area contributed by atoms with Gasteiger partial charge in [0.1, 0.15) is 23.9 Å². The average molecular weight is 555 g/mol. The van der Waals surface area contributed by atoms with Crippen LogP contribution in [-0.4, -0.2) is 55.1 Å². The highest BCUT2D eigenvalue weighted by Crippen LogP contribution is 2.35. The molecule has 1 aliphatic heterocycles. The summed E-state index contributed by atoms with van der Waals surface area (Å²) < 4.78 is 24.4. The molecule has 3 aromatic carbocycles. The number of nitrogens with one attached hydrogen (secondary N) is 1. The van der Waals surface area contributed by atoms with Crippen molar-refractivity contribution in [1.82, 2.24) is 10.2 Å². The Bertz CT molecular complexity index is 1340. The maximum atomic E-state index is 13.3. The first-order chi connectivity index (χ1) is 18.6. The summed E-state index contributed by atoms with van der Waals surface area (Å²) in [6.07, 6.45) is 0. The van der Waals surface area contributed by atoms with Gasteiger partial charge in [-0.25, -0.2) is 9.18 Å². The van der Waals surface area contributed by atoms with E-state index in [0.29, 0.717) is 42.5 Å². The van der Waals surface area contributed by atoms with E-state index >= 15 is 0 Å². The highest BCUT2D eigenvalue weighted by molar-refractivity contribution is 6.34. The van der Waals surface area contributed by atoms with Crippen molar-refractivity contribution in [2.45, 2.75) is 32.0 Å². The number of carbonyl (C=O) groups is 2. The van der Waals surface area contributed by atoms with E-state index in [9.17, 15) is 14.0 Å². The number of Topliss-reactive ketones (excluding diaryl/α,β-unsaturated/α-hetero) is 1. The van der Waals surface area contributed by atoms with Crippen molar-refractivity contribution < 1.29 is 23.5 Å². The standard InChI is InChI=1S/C29H32ClFN4O4/c1-19-15-33-29(2,18-34(19)16-20-7-9-21(31)10-8-20)27(36)17-39-24-11-12-26(25(30)14-24)35(28(32)37)22-5-4-6-23(13-22)38-3/h4-14,19,33H,15-18H2,1-3H3,(H2,32,37). The molecule has 1 saturated heterocycles. The summed E-state index contributed by atoms with van der Waals surface area (Å²) in [5, 5.41) is 3.58. The summed E-state index contributed by atoms with van der Waals surface area (Å²) in [7, 11) is 1.53. The van der Waals surface area contributed by atoms with E-state index in [0.717, 1.165) is 5.56 Å². The Hall–Kier alpha value is -3.66. The molecule has 4 rings (SSSR count). The molecule has 0 aliphatic carbocycles. The fraction of sp³-hybridized carbons (Fsp3) is 0.310. The number of carbonyl (C=O) groups excluding carboxylic acids is 2. The zero-order chi connectivity index (χ0) is 28.2. The van der Waals surface area contributed by atoms with Crippen molar-refractivity contribution in [2.75, 3.05) is 31.7 Å². The monoisotopic (exact) mass is 554 g/mol. The van der Waals surface area contributed by atoms with E-state index < -0.39 is 11.6 Å². The zero-order valence-electron chi connectivity index (χ0n) is 22.1. The molecule has 8 nitrogen and oxygen atoms in total. The number of ketones is 1. The first kappa shape index (κ1) is 28.4. The molecule has 1 aliphatic rings. The molecule has 3 N–H and O–H groups in total. The molecule has 0 radical (unpaired) electrons. The van der Waals surface area contributed by atoms with E-state index in [2.05, 4.69) is 17.1 Å². The number of primary amides is 1. The number of ether oxygens (including phenoxy) is 2. The second-order valence-electron chi connectivity index (χ2n) is 9.79. The molecule has 10 heteroatoms. The van der Waals surface area contributed by atoms with Gasteiger partial charge in [0.15, 0.2) is 5.78 Å². The van der Waals surface area contributed by atoms with Gasteiger partial charge in [-0.15, -0.1) is 0 Å². The molecule has 206 valence electrons. The number of urea groups is 1. The van der Waals surface area contributed by atoms with Gasteiger partial charge in [0.05, 0.1) is 29.0 Å². The predicted octanol–water partition coefficient (Wildman–Crippen LogP) is 4.91. The Kier molecular flexibility index (Phi) is 8.74. The molecule has 2 amide bonds. The van der Waals surface area contributed by atoms with Crippen LogP contribution in [0.25, 0.3) is 0 Å². The third-order valence-electron chi connectivity index (χ3n) is 6.91. The van der Waals surface area contributed by atoms with E-state index in [1.807, 2.05) is 6.92 Å². The van der Waals surface area contributed by atoms with Gasteiger partial charge < -0.3 is 20.5 Å². The Morgan fingerprint density at radius 3 is 2.56 bits per heavy atom. The summed E-state index contributed by atoms with van der Waals surface area (Å²) >= 11 is 6.52. The number of benzene rings is 3. The quantitative estimate of drug-likeness (QED) is 0.390. The van der Waals surface area contributed by atoms with Gasteiger partial charge in [-0.05, 0) is 55.8 Å². The van der Waals surface area contributed by atoms with Crippen LogP contribution in [0.4, 0.5) is 20.6 Å². The molecule has 0 saturated carbocycles. The molecule has 3 aromatic rings. The molecule has 1 fully saturated rings. The van der Waals surface area contributed by atoms with Gasteiger partial charge >= 0.3 is 6.03 Å². The SMILES string of the molecule is COc1cccc(N(C(N)=O)c2ccc(OCC(=O)C3(C)CN(Cc4ccc(F)cc4)C(C)CN3)cc2Cl)c1. The molecule has 39 heavy (non-hydrogen) atoms. The summed E-state index contributed by atoms with van der Waals surface area (Å²) in [5.74, 6) is 0.542. The van der Waals surface area contributed by atoms with Crippen molar-refractivity contribution in [3.63, 3.8) is 0 Å². The lowest BCUT2D eigenvalue weighted by molar-refractivity contribution is -0.129. The summed E-state index contributed by atoms with van der Waals surface area (Å²) in [4.78, 5) is 29.0. The van der Waals surface area contributed by atoms with Crippen LogP contribution in [0.1, 0.15) is 19.4 Å². The molecule has 0 bridgehead atoms. The number of halogens is 2. The summed E-state index contributed by atoms with van der Waals surface area (Å²) in [5.41, 5.74) is 6.66. The molecular weight excluding hydrogens is 523 g/mol. The Morgan fingerprint density at radius 1 is 1.15 bits per heavy atom. The molecular formula is C29H32ClFN4O4. The van der Waals surface area contributed by atoms with Crippen LogP contribution >= 0.6 is 11.6 Å². The lowest BCUT2D eigenvalue weighted by Gasteiger charge is -2.44. The van der Waals surface area contributed by atoms with Gasteiger partial charge in [0.2, 0.25) is 0 Å². The van der Waals surface area contributed by atoms with Crippen LogP contribution < -0.4 is 25.4 Å². The summed E-state index contributed by atoms with van der Waals surface area (Å²) in [6.45, 7) is 5.47. The number of methoxy groups -OCH3 is 1. The van der Waals surface area contributed by atoms with E-state index in [1.54, 1.807) is 54.6 Å². The highest BCUT2D eigenvalue weighted by atomic mass is 35.5. The Balaban J connectivity index is 1.43. The van der Waals surface area contributed by atoms with Crippen molar-refractivity contribution >= 4 is 34.8 Å². The van der Waals surface area contributed by atoms with E-state index in [1.165, 1.54) is 24.1 Å². The number of amides is 2. The normalized spacial score (nSPS) is 19.4. The predicted molar refractivity (Wildman–Crippen MR) is 149 cm³/mol. The zero-order valence-corrected chi connectivity index (χ0v) is 22.9. The smallest absolute Gasteiger partial charge is 0.323 e. The van der Waals surface area contributed by atoms with Crippen LogP contribution in [-0.2, 0) is 11.3 Å². The van der Waals surface area contributed by atoms with Gasteiger partial charge in [-0.3, -0.25) is 14.6 Å². The van der Waals surface area contributed by atoms with Crippen LogP contribution in [0, 0.1) is 5.82 Å². The Labute approximate surface area is 232 Å². The van der Waals surface area contributed by atoms with Crippen LogP contribution in [0.5, 0.6) is 11.5 Å². The second kappa shape index (κ2) is 12.0. The van der Waals surface area contributed by atoms with Gasteiger partial charge in [0, 0.05) is 37.8 Å². The lowest BCUT2D eigenvalue weighted by Crippen LogP contribution is -2.66. The van der Waals surface area contributed by atoms with Gasteiger partial charge in [0.25, 0.3) is 0 Å². The fourth-order valence-electron chi connectivity index (χ4n) is 4.54. The third kappa shape index (κ3) is 6.68. The number of nitrogens with two attached hydrogens (primary N) is 1. The fourth-order valence-corrected chi connectivity index (χ4v) is 4.80. The molecule has 2 unspecified atom stereocenters. The number of anilines is 2. The molecule has 0 spiro atoms. The first-order valence-electron chi connectivity index (χ1n) is 12.5. The van der Waals surface area contributed by atoms with Gasteiger partial charge in [-0.2, -0.15) is 0 Å². The third-order valence-corrected chi connectivity index (χ3v) is 7.21. The number of piperazine rings is 1. The average Bonchev–Trinajstić information content (AvgIpc) is 2.92. The van der Waals surface area contributed by atoms with Crippen LogP contribution in [0.3, 0.4) is 0 Å².